The lowest BCUT2D eigenvalue weighted by atomic mass is 10.2. The Kier molecular flexibility index (Phi) is 7.50. The van der Waals surface area contributed by atoms with Crippen LogP contribution < -0.4 is 5.32 Å². The molecule has 0 aromatic carbocycles. The molecule has 0 unspecified atom stereocenters. The van der Waals surface area contributed by atoms with Crippen molar-refractivity contribution in [3.8, 4) is 0 Å². The first-order chi connectivity index (χ1) is 8.91. The number of hydrogen-bond acceptors (Lipinski definition) is 3. The molecule has 0 spiro atoms. The van der Waals surface area contributed by atoms with E-state index < -0.39 is 0 Å². The lowest BCUT2D eigenvalue weighted by Crippen LogP contribution is -2.41. The highest BCUT2D eigenvalue weighted by molar-refractivity contribution is 9.11. The molecule has 1 N–H and O–H groups in total. The molecule has 1 aromatic rings. The molecule has 0 fully saturated rings. The maximum atomic E-state index is 4.39. The van der Waals surface area contributed by atoms with Crippen LogP contribution in [0.4, 0.5) is 0 Å². The quantitative estimate of drug-likeness (QED) is 0.715. The summed E-state index contributed by atoms with van der Waals surface area (Å²) < 4.78 is 2.04. The zero-order valence-corrected chi connectivity index (χ0v) is 15.3. The van der Waals surface area contributed by atoms with Gasteiger partial charge in [0.05, 0.1) is 5.69 Å². The van der Waals surface area contributed by atoms with Gasteiger partial charge in [0.15, 0.2) is 0 Å². The predicted molar refractivity (Wildman–Crippen MR) is 88.3 cm³/mol. The van der Waals surface area contributed by atoms with E-state index in [2.05, 4.69) is 74.8 Å². The van der Waals surface area contributed by atoms with Gasteiger partial charge in [-0.05, 0) is 65.6 Å². The van der Waals surface area contributed by atoms with Gasteiger partial charge in [-0.3, -0.25) is 9.88 Å². The highest BCUT2D eigenvalue weighted by Crippen LogP contribution is 2.19. The number of halogens is 2. The Labute approximate surface area is 133 Å². The van der Waals surface area contributed by atoms with Crippen LogP contribution in [0.1, 0.15) is 33.4 Å². The van der Waals surface area contributed by atoms with Gasteiger partial charge in [0.25, 0.3) is 0 Å². The zero-order valence-electron chi connectivity index (χ0n) is 12.1. The molecule has 1 heterocycles. The Morgan fingerprint density at radius 1 is 1.21 bits per heavy atom. The Hall–Kier alpha value is 0.0300. The van der Waals surface area contributed by atoms with Gasteiger partial charge in [-0.2, -0.15) is 0 Å². The van der Waals surface area contributed by atoms with Gasteiger partial charge in [-0.1, -0.05) is 0 Å². The molecule has 108 valence electrons. The third kappa shape index (κ3) is 5.90. The van der Waals surface area contributed by atoms with Crippen LogP contribution in [0.25, 0.3) is 0 Å². The molecule has 1 rings (SSSR count). The molecule has 0 aliphatic carbocycles. The molecule has 0 aliphatic rings. The Balaban J connectivity index is 2.38. The van der Waals surface area contributed by atoms with Crippen LogP contribution in [0.3, 0.4) is 0 Å². The van der Waals surface area contributed by atoms with E-state index in [1.54, 1.807) is 0 Å². The molecule has 0 saturated heterocycles. The van der Waals surface area contributed by atoms with Gasteiger partial charge < -0.3 is 5.32 Å². The first-order valence-corrected chi connectivity index (χ1v) is 8.26. The molecule has 5 heteroatoms. The van der Waals surface area contributed by atoms with E-state index in [0.29, 0.717) is 12.1 Å². The second-order valence-corrected chi connectivity index (χ2v) is 6.95. The van der Waals surface area contributed by atoms with Gasteiger partial charge in [0.2, 0.25) is 0 Å². The number of rotatable bonds is 7. The number of aromatic nitrogens is 1. The van der Waals surface area contributed by atoms with Crippen LogP contribution in [0.15, 0.2) is 21.2 Å². The van der Waals surface area contributed by atoms with E-state index >= 15 is 0 Å². The molecule has 0 amide bonds. The molecule has 0 aliphatic heterocycles. The van der Waals surface area contributed by atoms with Crippen LogP contribution >= 0.6 is 31.9 Å². The summed E-state index contributed by atoms with van der Waals surface area (Å²) in [6.45, 7) is 11.8. The van der Waals surface area contributed by atoms with E-state index in [9.17, 15) is 0 Å². The molecule has 0 atom stereocenters. The van der Waals surface area contributed by atoms with Crippen molar-refractivity contribution in [2.45, 2.75) is 46.3 Å². The largest absolute Gasteiger partial charge is 0.310 e. The number of hydrogen-bond donors (Lipinski definition) is 1. The minimum Gasteiger partial charge on any atom is -0.310 e. The van der Waals surface area contributed by atoms with Crippen molar-refractivity contribution < 1.29 is 0 Å². The molecule has 19 heavy (non-hydrogen) atoms. The summed E-state index contributed by atoms with van der Waals surface area (Å²) in [7, 11) is 0. The van der Waals surface area contributed by atoms with Crippen molar-refractivity contribution >= 4 is 31.9 Å². The highest BCUT2D eigenvalue weighted by Gasteiger charge is 2.12. The summed E-state index contributed by atoms with van der Waals surface area (Å²) in [6, 6.07) is 3.19. The van der Waals surface area contributed by atoms with Crippen molar-refractivity contribution in [2.24, 2.45) is 0 Å². The minimum absolute atomic E-state index is 0.583. The van der Waals surface area contributed by atoms with Gasteiger partial charge >= 0.3 is 0 Å². The van der Waals surface area contributed by atoms with Gasteiger partial charge in [-0.15, -0.1) is 0 Å². The highest BCUT2D eigenvalue weighted by atomic mass is 79.9. The van der Waals surface area contributed by atoms with E-state index in [1.807, 2.05) is 12.3 Å². The smallest absolute Gasteiger partial charge is 0.0684 e. The summed E-state index contributed by atoms with van der Waals surface area (Å²) in [4.78, 5) is 6.88. The van der Waals surface area contributed by atoms with Crippen molar-refractivity contribution in [1.29, 1.82) is 0 Å². The molecule has 0 radical (unpaired) electrons. The van der Waals surface area contributed by atoms with Crippen LogP contribution in [0, 0.1) is 0 Å². The van der Waals surface area contributed by atoms with E-state index in [4.69, 9.17) is 0 Å². The van der Waals surface area contributed by atoms with Crippen LogP contribution in [-0.4, -0.2) is 35.1 Å². The van der Waals surface area contributed by atoms with Crippen molar-refractivity contribution in [2.75, 3.05) is 13.1 Å². The zero-order chi connectivity index (χ0) is 14.4. The van der Waals surface area contributed by atoms with Crippen molar-refractivity contribution in [3.63, 3.8) is 0 Å². The summed E-state index contributed by atoms with van der Waals surface area (Å²) >= 11 is 6.94. The summed E-state index contributed by atoms with van der Waals surface area (Å²) in [5, 5.41) is 3.45. The van der Waals surface area contributed by atoms with Gasteiger partial charge in [0, 0.05) is 46.9 Å². The molecular formula is C14H23Br2N3. The maximum absolute atomic E-state index is 4.39. The number of nitrogens with zero attached hydrogens (tertiary/aromatic N) is 2. The average molecular weight is 393 g/mol. The Morgan fingerprint density at radius 3 is 2.37 bits per heavy atom. The summed E-state index contributed by atoms with van der Waals surface area (Å²) in [5.41, 5.74) is 1.05. The second-order valence-electron chi connectivity index (χ2n) is 5.18. The molecular weight excluding hydrogens is 370 g/mol. The van der Waals surface area contributed by atoms with E-state index in [1.165, 1.54) is 0 Å². The standard InChI is InChI=1S/C14H23Br2N3/c1-10(2)19(11(3)4)6-5-17-9-14-13(16)7-12(15)8-18-14/h7-8,10-11,17H,5-6,9H2,1-4H3. The molecule has 0 saturated carbocycles. The Morgan fingerprint density at radius 2 is 1.84 bits per heavy atom. The van der Waals surface area contributed by atoms with Crippen molar-refractivity contribution in [3.05, 3.63) is 26.9 Å². The fourth-order valence-corrected chi connectivity index (χ4v) is 3.23. The predicted octanol–water partition coefficient (Wildman–Crippen LogP) is 3.82. The van der Waals surface area contributed by atoms with Crippen molar-refractivity contribution in [1.82, 2.24) is 15.2 Å². The topological polar surface area (TPSA) is 28.2 Å². The normalized spacial score (nSPS) is 11.8. The first kappa shape index (κ1) is 17.1. The first-order valence-electron chi connectivity index (χ1n) is 6.68. The monoisotopic (exact) mass is 391 g/mol. The Bertz CT molecular complexity index is 386. The van der Waals surface area contributed by atoms with Gasteiger partial charge in [0.1, 0.15) is 0 Å². The fraction of sp³-hybridized carbons (Fsp3) is 0.643. The SMILES string of the molecule is CC(C)N(CCNCc1ncc(Br)cc1Br)C(C)C. The third-order valence-electron chi connectivity index (χ3n) is 3.05. The van der Waals surface area contributed by atoms with Crippen LogP contribution in [0.2, 0.25) is 0 Å². The summed E-state index contributed by atoms with van der Waals surface area (Å²) in [6.07, 6.45) is 1.83. The number of pyridine rings is 1. The van der Waals surface area contributed by atoms with E-state index in [-0.39, 0.29) is 0 Å². The maximum Gasteiger partial charge on any atom is 0.0684 e. The van der Waals surface area contributed by atoms with Crippen LogP contribution in [0.5, 0.6) is 0 Å². The lowest BCUT2D eigenvalue weighted by Gasteiger charge is -2.30. The summed E-state index contributed by atoms with van der Waals surface area (Å²) in [5.74, 6) is 0. The second kappa shape index (κ2) is 8.35. The minimum atomic E-state index is 0.583. The number of nitrogens with one attached hydrogen (secondary N) is 1. The molecule has 1 aromatic heterocycles. The fourth-order valence-electron chi connectivity index (χ4n) is 2.10. The average Bonchev–Trinajstić information content (AvgIpc) is 2.30. The van der Waals surface area contributed by atoms with Crippen LogP contribution in [-0.2, 0) is 6.54 Å². The van der Waals surface area contributed by atoms with Gasteiger partial charge in [-0.25, -0.2) is 0 Å². The van der Waals surface area contributed by atoms with E-state index in [0.717, 1.165) is 34.3 Å². The molecule has 3 nitrogen and oxygen atoms in total. The molecule has 0 bridgehead atoms. The third-order valence-corrected chi connectivity index (χ3v) is 4.17. The lowest BCUT2D eigenvalue weighted by molar-refractivity contribution is 0.175.